The minimum absolute atomic E-state index is 0.0434. The first-order valence-electron chi connectivity index (χ1n) is 7.06. The normalized spacial score (nSPS) is 18.3. The molecular weight excluding hydrogens is 266 g/mol. The van der Waals surface area contributed by atoms with Gasteiger partial charge in [-0.15, -0.1) is 0 Å². The molecule has 1 N–H and O–H groups in total. The van der Waals surface area contributed by atoms with Crippen molar-refractivity contribution in [1.29, 1.82) is 0 Å². The quantitative estimate of drug-likeness (QED) is 0.928. The highest BCUT2D eigenvalue weighted by molar-refractivity contribution is 5.92. The van der Waals surface area contributed by atoms with Crippen LogP contribution in [-0.2, 0) is 4.79 Å². The minimum atomic E-state index is -0.0456. The van der Waals surface area contributed by atoms with Crippen LogP contribution in [0, 0.1) is 5.92 Å². The van der Waals surface area contributed by atoms with Crippen molar-refractivity contribution in [3.05, 3.63) is 43.0 Å². The molecule has 2 aromatic rings. The summed E-state index contributed by atoms with van der Waals surface area (Å²) in [7, 11) is 0. The van der Waals surface area contributed by atoms with Crippen molar-refractivity contribution in [3.63, 3.8) is 0 Å². The van der Waals surface area contributed by atoms with E-state index in [1.54, 1.807) is 43.0 Å². The molecule has 21 heavy (non-hydrogen) atoms. The molecule has 0 saturated carbocycles. The standard InChI is InChI=1S/C15H17N5O/c21-14(19-13-4-8-16-9-5-13)12-3-1-10-20(11-12)15-17-6-2-7-18-15/h2,4-9,12H,1,3,10-11H2,(H,16,19,21). The summed E-state index contributed by atoms with van der Waals surface area (Å²) in [6.07, 6.45) is 8.64. The van der Waals surface area contributed by atoms with Gasteiger partial charge < -0.3 is 10.2 Å². The molecule has 1 amide bonds. The molecule has 3 heterocycles. The summed E-state index contributed by atoms with van der Waals surface area (Å²) >= 11 is 0. The van der Waals surface area contributed by atoms with Gasteiger partial charge in [0.05, 0.1) is 5.92 Å². The maximum absolute atomic E-state index is 12.3. The number of nitrogens with one attached hydrogen (secondary N) is 1. The Morgan fingerprint density at radius 2 is 1.95 bits per heavy atom. The van der Waals surface area contributed by atoms with E-state index in [0.29, 0.717) is 12.5 Å². The van der Waals surface area contributed by atoms with Crippen LogP contribution in [-0.4, -0.2) is 33.9 Å². The fourth-order valence-electron chi connectivity index (χ4n) is 2.51. The van der Waals surface area contributed by atoms with Crippen LogP contribution in [0.2, 0.25) is 0 Å². The minimum Gasteiger partial charge on any atom is -0.340 e. The van der Waals surface area contributed by atoms with Crippen LogP contribution in [0.4, 0.5) is 11.6 Å². The van der Waals surface area contributed by atoms with E-state index in [1.807, 2.05) is 0 Å². The zero-order valence-corrected chi connectivity index (χ0v) is 11.6. The first kappa shape index (κ1) is 13.5. The van der Waals surface area contributed by atoms with E-state index in [9.17, 15) is 4.79 Å². The number of pyridine rings is 1. The molecule has 0 bridgehead atoms. The Morgan fingerprint density at radius 3 is 2.71 bits per heavy atom. The first-order chi connectivity index (χ1) is 10.3. The first-order valence-corrected chi connectivity index (χ1v) is 7.06. The van der Waals surface area contributed by atoms with Crippen LogP contribution in [0.15, 0.2) is 43.0 Å². The highest BCUT2D eigenvalue weighted by atomic mass is 16.1. The summed E-state index contributed by atoms with van der Waals surface area (Å²) < 4.78 is 0. The molecule has 2 aromatic heterocycles. The Morgan fingerprint density at radius 1 is 1.19 bits per heavy atom. The molecule has 6 heteroatoms. The SMILES string of the molecule is O=C(Nc1ccncc1)C1CCCN(c2ncccn2)C1. The maximum atomic E-state index is 12.3. The number of aromatic nitrogens is 3. The van der Waals surface area contributed by atoms with Gasteiger partial charge in [0.2, 0.25) is 11.9 Å². The summed E-state index contributed by atoms with van der Waals surface area (Å²) in [5, 5.41) is 2.94. The summed E-state index contributed by atoms with van der Waals surface area (Å²) in [6.45, 7) is 1.55. The summed E-state index contributed by atoms with van der Waals surface area (Å²) in [4.78, 5) is 26.9. The Hall–Kier alpha value is -2.50. The van der Waals surface area contributed by atoms with Gasteiger partial charge in [-0.1, -0.05) is 0 Å². The van der Waals surface area contributed by atoms with Gasteiger partial charge in [-0.05, 0) is 31.0 Å². The average molecular weight is 283 g/mol. The topological polar surface area (TPSA) is 71.0 Å². The molecule has 1 aliphatic rings. The van der Waals surface area contributed by atoms with Crippen LogP contribution in [0.5, 0.6) is 0 Å². The number of anilines is 2. The zero-order valence-electron chi connectivity index (χ0n) is 11.6. The molecule has 1 atom stereocenters. The van der Waals surface area contributed by atoms with E-state index >= 15 is 0 Å². The Kier molecular flexibility index (Phi) is 4.04. The Balaban J connectivity index is 1.64. The molecule has 0 radical (unpaired) electrons. The van der Waals surface area contributed by atoms with E-state index in [1.165, 1.54) is 0 Å². The van der Waals surface area contributed by atoms with Gasteiger partial charge in [0.1, 0.15) is 0 Å². The van der Waals surface area contributed by atoms with Gasteiger partial charge in [0.25, 0.3) is 0 Å². The van der Waals surface area contributed by atoms with Gasteiger partial charge in [-0.25, -0.2) is 9.97 Å². The number of carbonyl (C=O) groups excluding carboxylic acids is 1. The summed E-state index contributed by atoms with van der Waals surface area (Å²) in [5.41, 5.74) is 0.781. The molecular formula is C15H17N5O. The predicted octanol–water partition coefficient (Wildman–Crippen LogP) is 1.73. The molecule has 1 aliphatic heterocycles. The van der Waals surface area contributed by atoms with Gasteiger partial charge in [-0.3, -0.25) is 9.78 Å². The van der Waals surface area contributed by atoms with Gasteiger partial charge >= 0.3 is 0 Å². The zero-order chi connectivity index (χ0) is 14.5. The Labute approximate surface area is 123 Å². The number of hydrogen-bond donors (Lipinski definition) is 1. The van der Waals surface area contributed by atoms with E-state index < -0.39 is 0 Å². The lowest BCUT2D eigenvalue weighted by Crippen LogP contribution is -2.41. The summed E-state index contributed by atoms with van der Waals surface area (Å²) in [6, 6.07) is 5.37. The van der Waals surface area contributed by atoms with Gasteiger partial charge in [0, 0.05) is 43.6 Å². The Bertz CT molecular complexity index is 590. The number of carbonyl (C=O) groups is 1. The number of piperidine rings is 1. The van der Waals surface area contributed by atoms with Gasteiger partial charge in [0.15, 0.2) is 0 Å². The fraction of sp³-hybridized carbons (Fsp3) is 0.333. The van der Waals surface area contributed by atoms with Crippen LogP contribution in [0.1, 0.15) is 12.8 Å². The molecule has 0 aromatic carbocycles. The largest absolute Gasteiger partial charge is 0.340 e. The van der Waals surface area contributed by atoms with E-state index in [-0.39, 0.29) is 11.8 Å². The third kappa shape index (κ3) is 3.34. The van der Waals surface area contributed by atoms with E-state index in [2.05, 4.69) is 25.2 Å². The number of hydrogen-bond acceptors (Lipinski definition) is 5. The van der Waals surface area contributed by atoms with Crippen molar-refractivity contribution in [1.82, 2.24) is 15.0 Å². The third-order valence-corrected chi connectivity index (χ3v) is 3.58. The molecule has 1 unspecified atom stereocenters. The lowest BCUT2D eigenvalue weighted by molar-refractivity contribution is -0.120. The van der Waals surface area contributed by atoms with Crippen LogP contribution < -0.4 is 10.2 Å². The van der Waals surface area contributed by atoms with Crippen molar-refractivity contribution < 1.29 is 4.79 Å². The van der Waals surface area contributed by atoms with Crippen molar-refractivity contribution in [2.24, 2.45) is 5.92 Å². The molecule has 6 nitrogen and oxygen atoms in total. The van der Waals surface area contributed by atoms with E-state index in [0.717, 1.165) is 25.1 Å². The van der Waals surface area contributed by atoms with Crippen molar-refractivity contribution in [3.8, 4) is 0 Å². The maximum Gasteiger partial charge on any atom is 0.229 e. The molecule has 0 aliphatic carbocycles. The van der Waals surface area contributed by atoms with Crippen molar-refractivity contribution >= 4 is 17.5 Å². The highest BCUT2D eigenvalue weighted by Gasteiger charge is 2.27. The third-order valence-electron chi connectivity index (χ3n) is 3.58. The number of rotatable bonds is 3. The fourth-order valence-corrected chi connectivity index (χ4v) is 2.51. The molecule has 1 fully saturated rings. The summed E-state index contributed by atoms with van der Waals surface area (Å²) in [5.74, 6) is 0.691. The molecule has 0 spiro atoms. The van der Waals surface area contributed by atoms with Crippen LogP contribution in [0.25, 0.3) is 0 Å². The lowest BCUT2D eigenvalue weighted by atomic mass is 9.97. The van der Waals surface area contributed by atoms with Gasteiger partial charge in [-0.2, -0.15) is 0 Å². The van der Waals surface area contributed by atoms with Crippen LogP contribution >= 0.6 is 0 Å². The van der Waals surface area contributed by atoms with Crippen molar-refractivity contribution in [2.75, 3.05) is 23.3 Å². The second-order valence-electron chi connectivity index (χ2n) is 5.06. The second-order valence-corrected chi connectivity index (χ2v) is 5.06. The average Bonchev–Trinajstić information content (AvgIpc) is 2.57. The smallest absolute Gasteiger partial charge is 0.229 e. The molecule has 1 saturated heterocycles. The van der Waals surface area contributed by atoms with E-state index in [4.69, 9.17) is 0 Å². The van der Waals surface area contributed by atoms with Crippen LogP contribution in [0.3, 0.4) is 0 Å². The predicted molar refractivity (Wildman–Crippen MR) is 79.8 cm³/mol. The number of amides is 1. The second kappa shape index (κ2) is 6.30. The highest BCUT2D eigenvalue weighted by Crippen LogP contribution is 2.21. The molecule has 108 valence electrons. The van der Waals surface area contributed by atoms with Crippen molar-refractivity contribution in [2.45, 2.75) is 12.8 Å². The monoisotopic (exact) mass is 283 g/mol. The molecule has 3 rings (SSSR count). The lowest BCUT2D eigenvalue weighted by Gasteiger charge is -2.31. The number of nitrogens with zero attached hydrogens (tertiary/aromatic N) is 4.